The van der Waals surface area contributed by atoms with Crippen LogP contribution in [0.15, 0.2) is 24.2 Å². The molecule has 0 aromatic carbocycles. The molecular formula is C9H12ClNS. The number of hydrogen-bond acceptors (Lipinski definition) is 2. The zero-order valence-corrected chi connectivity index (χ0v) is 8.44. The number of nitrogens with zero attached hydrogens (tertiary/aromatic N) is 1. The molecule has 0 aliphatic rings. The number of halogens is 1. The molecule has 1 rings (SSSR count). The molecule has 1 aromatic rings. The van der Waals surface area contributed by atoms with Crippen molar-refractivity contribution in [1.82, 2.24) is 4.98 Å². The fourth-order valence-corrected chi connectivity index (χ4v) is 2.00. The Morgan fingerprint density at radius 3 is 3.08 bits per heavy atom. The van der Waals surface area contributed by atoms with Crippen LogP contribution in [-0.4, -0.2) is 10.9 Å². The second-order valence-electron chi connectivity index (χ2n) is 2.67. The molecular weight excluding hydrogens is 190 g/mol. The minimum atomic E-state index is 0.496. The van der Waals surface area contributed by atoms with E-state index in [1.807, 2.05) is 17.7 Å². The highest BCUT2D eigenvalue weighted by Gasteiger charge is 2.07. The lowest BCUT2D eigenvalue weighted by Crippen LogP contribution is -2.04. The van der Waals surface area contributed by atoms with Crippen molar-refractivity contribution in [2.45, 2.75) is 12.8 Å². The molecule has 66 valence electrons. The van der Waals surface area contributed by atoms with E-state index in [2.05, 4.69) is 11.6 Å². The molecule has 0 aliphatic carbocycles. The lowest BCUT2D eigenvalue weighted by atomic mass is 10.0. The van der Waals surface area contributed by atoms with Crippen LogP contribution in [0.4, 0.5) is 0 Å². The highest BCUT2D eigenvalue weighted by molar-refractivity contribution is 7.09. The first-order chi connectivity index (χ1) is 5.86. The Labute approximate surface area is 82.1 Å². The first-order valence-corrected chi connectivity index (χ1v) is 5.33. The third kappa shape index (κ3) is 2.95. The van der Waals surface area contributed by atoms with Crippen molar-refractivity contribution in [3.63, 3.8) is 0 Å². The predicted octanol–water partition coefficient (Wildman–Crippen LogP) is 3.12. The van der Waals surface area contributed by atoms with E-state index < -0.39 is 0 Å². The van der Waals surface area contributed by atoms with Crippen LogP contribution < -0.4 is 0 Å². The van der Waals surface area contributed by atoms with Gasteiger partial charge in [0.05, 0.1) is 5.01 Å². The zero-order chi connectivity index (χ0) is 8.81. The third-order valence-electron chi connectivity index (χ3n) is 1.66. The van der Waals surface area contributed by atoms with Crippen molar-refractivity contribution >= 4 is 22.9 Å². The monoisotopic (exact) mass is 201 g/mol. The highest BCUT2D eigenvalue weighted by atomic mass is 35.5. The molecule has 0 fully saturated rings. The molecule has 0 radical (unpaired) electrons. The summed E-state index contributed by atoms with van der Waals surface area (Å²) in [4.78, 5) is 4.21. The van der Waals surface area contributed by atoms with E-state index in [4.69, 9.17) is 11.6 Å². The van der Waals surface area contributed by atoms with Gasteiger partial charge in [-0.05, 0) is 12.3 Å². The quantitative estimate of drug-likeness (QED) is 0.527. The number of hydrogen-bond donors (Lipinski definition) is 0. The van der Waals surface area contributed by atoms with Gasteiger partial charge in [-0.25, -0.2) is 4.98 Å². The maximum Gasteiger partial charge on any atom is 0.0928 e. The number of alkyl halides is 1. The molecule has 0 bridgehead atoms. The van der Waals surface area contributed by atoms with E-state index in [9.17, 15) is 0 Å². The van der Waals surface area contributed by atoms with Gasteiger partial charge < -0.3 is 0 Å². The van der Waals surface area contributed by atoms with Gasteiger partial charge >= 0.3 is 0 Å². The van der Waals surface area contributed by atoms with Gasteiger partial charge in [0.2, 0.25) is 0 Å². The average molecular weight is 202 g/mol. The van der Waals surface area contributed by atoms with Crippen LogP contribution in [0.1, 0.15) is 11.4 Å². The van der Waals surface area contributed by atoms with E-state index >= 15 is 0 Å². The largest absolute Gasteiger partial charge is 0.250 e. The van der Waals surface area contributed by atoms with Crippen molar-refractivity contribution in [3.8, 4) is 0 Å². The minimum Gasteiger partial charge on any atom is -0.250 e. The van der Waals surface area contributed by atoms with Crippen LogP contribution in [0.2, 0.25) is 0 Å². The Kier molecular flexibility index (Phi) is 4.33. The minimum absolute atomic E-state index is 0.496. The third-order valence-corrected chi connectivity index (χ3v) is 2.90. The summed E-state index contributed by atoms with van der Waals surface area (Å²) < 4.78 is 0. The van der Waals surface area contributed by atoms with Crippen molar-refractivity contribution in [1.29, 1.82) is 0 Å². The van der Waals surface area contributed by atoms with Gasteiger partial charge in [0, 0.05) is 23.9 Å². The molecule has 0 saturated heterocycles. The number of aromatic nitrogens is 1. The summed E-state index contributed by atoms with van der Waals surface area (Å²) in [6.45, 7) is 3.70. The molecule has 3 heteroatoms. The van der Waals surface area contributed by atoms with Crippen molar-refractivity contribution in [2.75, 3.05) is 5.88 Å². The summed E-state index contributed by atoms with van der Waals surface area (Å²) in [5, 5.41) is 3.16. The van der Waals surface area contributed by atoms with E-state index in [1.165, 1.54) is 5.01 Å². The van der Waals surface area contributed by atoms with E-state index in [0.29, 0.717) is 11.8 Å². The van der Waals surface area contributed by atoms with E-state index in [-0.39, 0.29) is 0 Å². The molecule has 1 unspecified atom stereocenters. The smallest absolute Gasteiger partial charge is 0.0928 e. The topological polar surface area (TPSA) is 12.9 Å². The summed E-state index contributed by atoms with van der Waals surface area (Å²) in [5.41, 5.74) is 0. The van der Waals surface area contributed by atoms with Gasteiger partial charge in [0.1, 0.15) is 0 Å². The summed E-state index contributed by atoms with van der Waals surface area (Å²) in [6, 6.07) is 0. The van der Waals surface area contributed by atoms with Crippen LogP contribution in [0.3, 0.4) is 0 Å². The highest BCUT2D eigenvalue weighted by Crippen LogP contribution is 2.15. The lowest BCUT2D eigenvalue weighted by Gasteiger charge is -2.07. The first kappa shape index (κ1) is 9.75. The van der Waals surface area contributed by atoms with Crippen LogP contribution in [0, 0.1) is 5.92 Å². The Bertz CT molecular complexity index is 220. The number of rotatable bonds is 5. The maximum absolute atomic E-state index is 5.79. The standard InChI is InChI=1S/C9H12ClNS/c1-2-3-8(7-10)6-9-11-4-5-12-9/h2,4-5,8H,1,3,6-7H2. The molecule has 12 heavy (non-hydrogen) atoms. The van der Waals surface area contributed by atoms with Crippen molar-refractivity contribution in [2.24, 2.45) is 5.92 Å². The lowest BCUT2D eigenvalue weighted by molar-refractivity contribution is 0.595. The average Bonchev–Trinajstić information content (AvgIpc) is 2.56. The zero-order valence-electron chi connectivity index (χ0n) is 6.87. The fraction of sp³-hybridized carbons (Fsp3) is 0.444. The van der Waals surface area contributed by atoms with Gasteiger partial charge in [0.15, 0.2) is 0 Å². The Morgan fingerprint density at radius 1 is 1.75 bits per heavy atom. The van der Waals surface area contributed by atoms with Gasteiger partial charge in [-0.2, -0.15) is 0 Å². The number of thiazole rings is 1. The summed E-state index contributed by atoms with van der Waals surface area (Å²) in [7, 11) is 0. The van der Waals surface area contributed by atoms with Gasteiger partial charge in [-0.1, -0.05) is 6.08 Å². The van der Waals surface area contributed by atoms with Crippen LogP contribution in [0.25, 0.3) is 0 Å². The normalized spacial score (nSPS) is 12.8. The Hall–Kier alpha value is -0.340. The molecule has 1 atom stereocenters. The molecule has 0 aliphatic heterocycles. The summed E-state index contributed by atoms with van der Waals surface area (Å²) in [6.07, 6.45) is 5.70. The van der Waals surface area contributed by atoms with Crippen LogP contribution in [0.5, 0.6) is 0 Å². The maximum atomic E-state index is 5.79. The van der Waals surface area contributed by atoms with E-state index in [0.717, 1.165) is 12.8 Å². The molecule has 0 saturated carbocycles. The van der Waals surface area contributed by atoms with Crippen LogP contribution in [-0.2, 0) is 6.42 Å². The van der Waals surface area contributed by atoms with Gasteiger partial charge in [-0.15, -0.1) is 29.5 Å². The Morgan fingerprint density at radius 2 is 2.58 bits per heavy atom. The van der Waals surface area contributed by atoms with Gasteiger partial charge in [0.25, 0.3) is 0 Å². The number of allylic oxidation sites excluding steroid dienone is 1. The summed E-state index contributed by atoms with van der Waals surface area (Å²) in [5.74, 6) is 1.18. The second-order valence-corrected chi connectivity index (χ2v) is 3.96. The van der Waals surface area contributed by atoms with Crippen LogP contribution >= 0.6 is 22.9 Å². The second kappa shape index (κ2) is 5.33. The molecule has 1 aromatic heterocycles. The fourth-order valence-electron chi connectivity index (χ4n) is 1.04. The molecule has 0 spiro atoms. The van der Waals surface area contributed by atoms with Crippen molar-refractivity contribution < 1.29 is 0 Å². The molecule has 0 N–H and O–H groups in total. The predicted molar refractivity (Wildman–Crippen MR) is 54.8 cm³/mol. The Balaban J connectivity index is 2.42. The molecule has 1 heterocycles. The SMILES string of the molecule is C=CCC(CCl)Cc1nccs1. The van der Waals surface area contributed by atoms with Gasteiger partial charge in [-0.3, -0.25) is 0 Å². The summed E-state index contributed by atoms with van der Waals surface area (Å²) >= 11 is 7.48. The van der Waals surface area contributed by atoms with Crippen molar-refractivity contribution in [3.05, 3.63) is 29.2 Å². The molecule has 0 amide bonds. The molecule has 1 nitrogen and oxygen atoms in total. The van der Waals surface area contributed by atoms with E-state index in [1.54, 1.807) is 11.3 Å². The first-order valence-electron chi connectivity index (χ1n) is 3.92.